The van der Waals surface area contributed by atoms with Crippen molar-refractivity contribution < 1.29 is 0 Å². The smallest absolute Gasteiger partial charge is 0.0479 e. The highest BCUT2D eigenvalue weighted by atomic mass is 14.8. The Kier molecular flexibility index (Phi) is 4.91. The van der Waals surface area contributed by atoms with Crippen molar-refractivity contribution in [1.82, 2.24) is 10.3 Å². The Hall–Kier alpha value is -1.67. The van der Waals surface area contributed by atoms with Gasteiger partial charge in [-0.25, -0.2) is 0 Å². The van der Waals surface area contributed by atoms with Crippen LogP contribution in [0.5, 0.6) is 0 Å². The van der Waals surface area contributed by atoms with Gasteiger partial charge in [0.2, 0.25) is 0 Å². The van der Waals surface area contributed by atoms with Crippen molar-refractivity contribution in [3.63, 3.8) is 0 Å². The van der Waals surface area contributed by atoms with E-state index in [2.05, 4.69) is 55.3 Å². The quantitative estimate of drug-likeness (QED) is 0.897. The number of aryl methyl sites for hydroxylation is 3. The lowest BCUT2D eigenvalue weighted by Crippen LogP contribution is -2.21. The summed E-state index contributed by atoms with van der Waals surface area (Å²) in [5, 5.41) is 3.30. The average Bonchev–Trinajstić information content (AvgIpc) is 2.42. The predicted octanol–water partition coefficient (Wildman–Crippen LogP) is 3.55. The zero-order chi connectivity index (χ0) is 14.5. The van der Waals surface area contributed by atoms with E-state index in [1.165, 1.54) is 27.9 Å². The van der Waals surface area contributed by atoms with Gasteiger partial charge in [0.25, 0.3) is 0 Å². The minimum absolute atomic E-state index is 0.419. The van der Waals surface area contributed by atoms with Crippen LogP contribution in [0.1, 0.15) is 33.9 Å². The normalized spacial score (nSPS) is 12.4. The van der Waals surface area contributed by atoms with Gasteiger partial charge in [-0.1, -0.05) is 29.8 Å². The molecule has 2 rings (SSSR count). The summed E-state index contributed by atoms with van der Waals surface area (Å²) in [4.78, 5) is 4.60. The number of likely N-dealkylation sites (N-methyl/N-ethyl adjacent to an activating group) is 1. The first-order chi connectivity index (χ1) is 9.61. The molecule has 0 aliphatic carbocycles. The third-order valence-corrected chi connectivity index (χ3v) is 3.85. The van der Waals surface area contributed by atoms with Crippen molar-refractivity contribution in [2.45, 2.75) is 33.1 Å². The molecule has 0 bridgehead atoms. The Morgan fingerprint density at radius 3 is 2.55 bits per heavy atom. The van der Waals surface area contributed by atoms with Gasteiger partial charge in [-0.3, -0.25) is 4.98 Å². The molecule has 0 spiro atoms. The maximum Gasteiger partial charge on any atom is 0.0479 e. The molecule has 106 valence electrons. The summed E-state index contributed by atoms with van der Waals surface area (Å²) in [5.41, 5.74) is 6.60. The minimum Gasteiger partial charge on any atom is -0.319 e. The molecule has 1 aromatic carbocycles. The summed E-state index contributed by atoms with van der Waals surface area (Å²) < 4.78 is 0. The number of rotatable bonds is 5. The Morgan fingerprint density at radius 1 is 1.10 bits per heavy atom. The Bertz CT molecular complexity index is 575. The Balaban J connectivity index is 2.28. The molecule has 2 heteroatoms. The lowest BCUT2D eigenvalue weighted by atomic mass is 9.90. The molecule has 0 aliphatic rings. The van der Waals surface area contributed by atoms with Gasteiger partial charge in [0.05, 0.1) is 0 Å². The first-order valence-corrected chi connectivity index (χ1v) is 7.24. The Morgan fingerprint density at radius 2 is 1.90 bits per heavy atom. The standard InChI is InChI=1S/C18H24N2/c1-13-7-8-16(15(3)10-13)11-17(12-19-4)18-14(2)6-5-9-20-18/h5-10,17,19H,11-12H2,1-4H3/t17-/m0/s1. The fourth-order valence-corrected chi connectivity index (χ4v) is 2.78. The van der Waals surface area contributed by atoms with Crippen LogP contribution in [0.2, 0.25) is 0 Å². The van der Waals surface area contributed by atoms with Crippen LogP contribution >= 0.6 is 0 Å². The van der Waals surface area contributed by atoms with Crippen molar-refractivity contribution in [3.05, 3.63) is 64.5 Å². The molecule has 0 saturated heterocycles. The van der Waals surface area contributed by atoms with Crippen LogP contribution < -0.4 is 5.32 Å². The molecule has 0 aliphatic heterocycles. The van der Waals surface area contributed by atoms with E-state index < -0.39 is 0 Å². The van der Waals surface area contributed by atoms with Gasteiger partial charge in [-0.05, 0) is 57.0 Å². The fraction of sp³-hybridized carbons (Fsp3) is 0.389. The number of hydrogen-bond donors (Lipinski definition) is 1. The molecule has 0 amide bonds. The molecule has 1 N–H and O–H groups in total. The van der Waals surface area contributed by atoms with Crippen LogP contribution in [0.3, 0.4) is 0 Å². The number of nitrogens with zero attached hydrogens (tertiary/aromatic N) is 1. The first kappa shape index (κ1) is 14.7. The van der Waals surface area contributed by atoms with Gasteiger partial charge in [-0.15, -0.1) is 0 Å². The minimum atomic E-state index is 0.419. The molecule has 0 radical (unpaired) electrons. The molecule has 2 nitrogen and oxygen atoms in total. The van der Waals surface area contributed by atoms with Crippen molar-refractivity contribution in [1.29, 1.82) is 0 Å². The molecule has 0 unspecified atom stereocenters. The van der Waals surface area contributed by atoms with Crippen LogP contribution in [-0.4, -0.2) is 18.6 Å². The second kappa shape index (κ2) is 6.67. The van der Waals surface area contributed by atoms with Gasteiger partial charge in [0.1, 0.15) is 0 Å². The van der Waals surface area contributed by atoms with Gasteiger partial charge >= 0.3 is 0 Å². The van der Waals surface area contributed by atoms with E-state index in [0.717, 1.165) is 13.0 Å². The summed E-state index contributed by atoms with van der Waals surface area (Å²) in [7, 11) is 2.01. The zero-order valence-electron chi connectivity index (χ0n) is 12.9. The van der Waals surface area contributed by atoms with Crippen LogP contribution in [0, 0.1) is 20.8 Å². The SMILES string of the molecule is CNC[C@H](Cc1ccc(C)cc1C)c1ncccc1C. The predicted molar refractivity (Wildman–Crippen MR) is 85.3 cm³/mol. The van der Waals surface area contributed by atoms with Gasteiger partial charge in [0.15, 0.2) is 0 Å². The van der Waals surface area contributed by atoms with Gasteiger partial charge in [0, 0.05) is 24.4 Å². The summed E-state index contributed by atoms with van der Waals surface area (Å²) >= 11 is 0. The molecule has 2 aromatic rings. The monoisotopic (exact) mass is 268 g/mol. The summed E-state index contributed by atoms with van der Waals surface area (Å²) in [6, 6.07) is 10.9. The van der Waals surface area contributed by atoms with Crippen molar-refractivity contribution in [2.24, 2.45) is 0 Å². The highest BCUT2D eigenvalue weighted by molar-refractivity contribution is 5.33. The Labute approximate surface area is 122 Å². The largest absolute Gasteiger partial charge is 0.319 e. The van der Waals surface area contributed by atoms with Crippen LogP contribution in [0.4, 0.5) is 0 Å². The van der Waals surface area contributed by atoms with Crippen LogP contribution in [-0.2, 0) is 6.42 Å². The fourth-order valence-electron chi connectivity index (χ4n) is 2.78. The third kappa shape index (κ3) is 3.45. The molecule has 1 heterocycles. The van der Waals surface area contributed by atoms with E-state index in [1.54, 1.807) is 0 Å². The summed E-state index contributed by atoms with van der Waals surface area (Å²) in [6.07, 6.45) is 2.93. The van der Waals surface area contributed by atoms with Crippen molar-refractivity contribution >= 4 is 0 Å². The molecule has 20 heavy (non-hydrogen) atoms. The second-order valence-corrected chi connectivity index (χ2v) is 5.59. The molecule has 0 fully saturated rings. The number of nitrogens with one attached hydrogen (secondary N) is 1. The van der Waals surface area contributed by atoms with Crippen molar-refractivity contribution in [3.8, 4) is 0 Å². The van der Waals surface area contributed by atoms with Crippen LogP contribution in [0.15, 0.2) is 36.5 Å². The second-order valence-electron chi connectivity index (χ2n) is 5.59. The lowest BCUT2D eigenvalue weighted by molar-refractivity contribution is 0.606. The lowest BCUT2D eigenvalue weighted by Gasteiger charge is -2.19. The van der Waals surface area contributed by atoms with E-state index in [1.807, 2.05) is 19.3 Å². The number of aromatic nitrogens is 1. The summed E-state index contributed by atoms with van der Waals surface area (Å²) in [6.45, 7) is 7.44. The highest BCUT2D eigenvalue weighted by Crippen LogP contribution is 2.23. The molecular formula is C18H24N2. The molecular weight excluding hydrogens is 244 g/mol. The molecule has 0 saturated carbocycles. The average molecular weight is 268 g/mol. The topological polar surface area (TPSA) is 24.9 Å². The molecule has 1 aromatic heterocycles. The first-order valence-electron chi connectivity index (χ1n) is 7.24. The van der Waals surface area contributed by atoms with E-state index >= 15 is 0 Å². The van der Waals surface area contributed by atoms with Gasteiger partial charge < -0.3 is 5.32 Å². The van der Waals surface area contributed by atoms with E-state index in [9.17, 15) is 0 Å². The van der Waals surface area contributed by atoms with E-state index in [4.69, 9.17) is 0 Å². The van der Waals surface area contributed by atoms with Crippen molar-refractivity contribution in [2.75, 3.05) is 13.6 Å². The van der Waals surface area contributed by atoms with Gasteiger partial charge in [-0.2, -0.15) is 0 Å². The molecule has 1 atom stereocenters. The maximum absolute atomic E-state index is 4.60. The highest BCUT2D eigenvalue weighted by Gasteiger charge is 2.16. The number of pyridine rings is 1. The maximum atomic E-state index is 4.60. The number of benzene rings is 1. The number of hydrogen-bond acceptors (Lipinski definition) is 2. The van der Waals surface area contributed by atoms with E-state index in [0.29, 0.717) is 5.92 Å². The summed E-state index contributed by atoms with van der Waals surface area (Å²) in [5.74, 6) is 0.419. The van der Waals surface area contributed by atoms with E-state index in [-0.39, 0.29) is 0 Å². The zero-order valence-corrected chi connectivity index (χ0v) is 12.9. The third-order valence-electron chi connectivity index (χ3n) is 3.85. The van der Waals surface area contributed by atoms with Crippen LogP contribution in [0.25, 0.3) is 0 Å².